The van der Waals surface area contributed by atoms with Crippen molar-refractivity contribution in [3.05, 3.63) is 83.9 Å². The number of rotatable bonds is 6. The van der Waals surface area contributed by atoms with Crippen LogP contribution in [0.4, 0.5) is 0 Å². The molecule has 1 aliphatic heterocycles. The molecule has 3 aliphatic rings. The summed E-state index contributed by atoms with van der Waals surface area (Å²) in [5.41, 5.74) is -7.57. The largest absolute Gasteiger partial charge is 0.459 e. The summed E-state index contributed by atoms with van der Waals surface area (Å²) in [6, 6.07) is 15.0. The Hall–Kier alpha value is -4.76. The molecule has 14 heteroatoms. The minimum absolute atomic E-state index is 0.000907. The number of fused-ring (bicyclic) bond motifs is 2. The Kier molecular flexibility index (Phi) is 10.4. The SMILES string of the molecule is C=C1[C@H](OC(=O)c2ccccc2)[C@H]2[C@@H](OC(C)=O)[C@](C)(O)[C@H](O)[C@]2(OC(C)=O)C(=O)[C@@H](C)[C@H]2O[C@H]2C(C)(C)C(=O)[C@H](O)[C@H]1OC(=O)c1ccccc1. The van der Waals surface area contributed by atoms with E-state index < -0.39 is 112 Å². The van der Waals surface area contributed by atoms with E-state index in [0.29, 0.717) is 0 Å². The second kappa shape index (κ2) is 14.0. The van der Waals surface area contributed by atoms with E-state index >= 15 is 0 Å². The van der Waals surface area contributed by atoms with Crippen molar-refractivity contribution >= 4 is 35.4 Å². The molecule has 0 spiro atoms. The Morgan fingerprint density at radius 1 is 0.769 bits per heavy atom. The number of benzene rings is 2. The molecule has 11 atom stereocenters. The molecular weight excluding hydrogens is 680 g/mol. The fourth-order valence-corrected chi connectivity index (χ4v) is 7.47. The molecule has 0 bridgehead atoms. The summed E-state index contributed by atoms with van der Waals surface area (Å²) in [7, 11) is 0. The number of aliphatic hydroxyl groups is 3. The second-order valence-electron chi connectivity index (χ2n) is 14.2. The minimum atomic E-state index is -2.86. The van der Waals surface area contributed by atoms with Gasteiger partial charge < -0.3 is 39.0 Å². The van der Waals surface area contributed by atoms with Crippen LogP contribution >= 0.6 is 0 Å². The van der Waals surface area contributed by atoms with Crippen LogP contribution in [0, 0.1) is 17.3 Å². The van der Waals surface area contributed by atoms with Crippen molar-refractivity contribution in [1.29, 1.82) is 0 Å². The molecular formula is C38H42O14. The average molecular weight is 723 g/mol. The Balaban J connectivity index is 1.82. The number of esters is 4. The lowest BCUT2D eigenvalue weighted by Gasteiger charge is -2.43. The van der Waals surface area contributed by atoms with Crippen LogP contribution in [0.2, 0.25) is 0 Å². The highest BCUT2D eigenvalue weighted by molar-refractivity contribution is 5.96. The molecule has 1 saturated heterocycles. The predicted molar refractivity (Wildman–Crippen MR) is 178 cm³/mol. The van der Waals surface area contributed by atoms with Crippen molar-refractivity contribution in [2.75, 3.05) is 0 Å². The number of carbonyl (C=O) groups is 6. The Bertz CT molecular complexity index is 1770. The highest BCUT2D eigenvalue weighted by atomic mass is 16.6. The van der Waals surface area contributed by atoms with E-state index in [0.717, 1.165) is 20.8 Å². The van der Waals surface area contributed by atoms with Crippen LogP contribution in [0.15, 0.2) is 72.8 Å². The molecule has 0 unspecified atom stereocenters. The summed E-state index contributed by atoms with van der Waals surface area (Å²) in [5.74, 6) is -9.48. The molecule has 3 fully saturated rings. The van der Waals surface area contributed by atoms with Gasteiger partial charge in [-0.2, -0.15) is 0 Å². The third-order valence-corrected chi connectivity index (χ3v) is 10.2. The number of hydrogen-bond acceptors (Lipinski definition) is 14. The van der Waals surface area contributed by atoms with E-state index in [-0.39, 0.29) is 11.1 Å². The Morgan fingerprint density at radius 3 is 1.75 bits per heavy atom. The van der Waals surface area contributed by atoms with Gasteiger partial charge in [-0.15, -0.1) is 0 Å². The Morgan fingerprint density at radius 2 is 1.27 bits per heavy atom. The first kappa shape index (κ1) is 38.5. The van der Waals surface area contributed by atoms with Crippen LogP contribution in [-0.4, -0.2) is 105 Å². The van der Waals surface area contributed by atoms with Gasteiger partial charge in [0, 0.05) is 25.3 Å². The van der Waals surface area contributed by atoms with Crippen molar-refractivity contribution in [2.24, 2.45) is 17.3 Å². The maximum atomic E-state index is 14.9. The van der Waals surface area contributed by atoms with Crippen LogP contribution in [0.3, 0.4) is 0 Å². The van der Waals surface area contributed by atoms with Crippen LogP contribution < -0.4 is 0 Å². The summed E-state index contributed by atoms with van der Waals surface area (Å²) in [6.07, 6.45) is -12.7. The maximum Gasteiger partial charge on any atom is 0.338 e. The van der Waals surface area contributed by atoms with Crippen LogP contribution in [0.5, 0.6) is 0 Å². The average Bonchev–Trinajstić information content (AvgIpc) is 3.90. The quantitative estimate of drug-likeness (QED) is 0.168. The van der Waals surface area contributed by atoms with Crippen LogP contribution in [-0.2, 0) is 42.9 Å². The topological polar surface area (TPSA) is 213 Å². The zero-order valence-corrected chi connectivity index (χ0v) is 29.5. The molecule has 3 N–H and O–H groups in total. The first-order valence-corrected chi connectivity index (χ1v) is 16.7. The zero-order valence-electron chi connectivity index (χ0n) is 29.5. The molecule has 0 aromatic heterocycles. The number of Topliss-reactive ketones (excluding diaryl/α,β-unsaturated/α-hetero) is 2. The van der Waals surface area contributed by atoms with Crippen molar-refractivity contribution < 1.29 is 67.8 Å². The minimum Gasteiger partial charge on any atom is -0.459 e. The van der Waals surface area contributed by atoms with Gasteiger partial charge in [0.05, 0.1) is 34.7 Å². The summed E-state index contributed by atoms with van der Waals surface area (Å²) in [6.45, 7) is 11.3. The molecule has 1 heterocycles. The molecule has 2 saturated carbocycles. The molecule has 52 heavy (non-hydrogen) atoms. The number of ketones is 2. The summed E-state index contributed by atoms with van der Waals surface area (Å²) in [4.78, 5) is 82.1. The molecule has 14 nitrogen and oxygen atoms in total. The Labute approximate surface area is 299 Å². The van der Waals surface area contributed by atoms with Gasteiger partial charge in [-0.1, -0.05) is 63.7 Å². The number of carbonyl (C=O) groups excluding carboxylic acids is 6. The number of hydrogen-bond donors (Lipinski definition) is 3. The lowest BCUT2D eigenvalue weighted by Crippen LogP contribution is -2.63. The van der Waals surface area contributed by atoms with Gasteiger partial charge in [0.25, 0.3) is 0 Å². The first-order valence-electron chi connectivity index (χ1n) is 16.7. The molecule has 5 rings (SSSR count). The van der Waals surface area contributed by atoms with E-state index in [1.807, 2.05) is 0 Å². The summed E-state index contributed by atoms with van der Waals surface area (Å²) >= 11 is 0. The monoisotopic (exact) mass is 722 g/mol. The molecule has 278 valence electrons. The highest BCUT2D eigenvalue weighted by Gasteiger charge is 2.77. The predicted octanol–water partition coefficient (Wildman–Crippen LogP) is 1.91. The van der Waals surface area contributed by atoms with Gasteiger partial charge in [0.2, 0.25) is 5.60 Å². The van der Waals surface area contributed by atoms with E-state index in [4.69, 9.17) is 23.7 Å². The molecule has 2 aliphatic carbocycles. The third kappa shape index (κ3) is 6.55. The van der Waals surface area contributed by atoms with Crippen molar-refractivity contribution in [2.45, 2.75) is 95.5 Å². The van der Waals surface area contributed by atoms with Gasteiger partial charge in [-0.05, 0) is 31.2 Å². The van der Waals surface area contributed by atoms with Crippen molar-refractivity contribution in [3.63, 3.8) is 0 Å². The van der Waals surface area contributed by atoms with Gasteiger partial charge in [-0.25, -0.2) is 9.59 Å². The number of aliphatic hydroxyl groups excluding tert-OH is 2. The standard InChI is InChI=1S/C38H42O14/c1-18-26(50-33(44)22-14-10-8-11-15-22)24-31(48-20(3)39)37(7,47)35(46)38(24,52-21(4)40)29(42)19(2)28-32(49-28)36(5,6)30(43)25(41)27(18)51-34(45)23-16-12-9-13-17-23/h8-17,19,24-28,31-32,35,41,46-47H,1H2,2-7H3/t19-,24-,25+,26-,27-,28+,31+,32+,35-,37-,38+/m0/s1. The second-order valence-corrected chi connectivity index (χ2v) is 14.2. The highest BCUT2D eigenvalue weighted by Crippen LogP contribution is 2.55. The van der Waals surface area contributed by atoms with Crippen LogP contribution in [0.1, 0.15) is 62.3 Å². The first-order chi connectivity index (χ1) is 24.3. The van der Waals surface area contributed by atoms with E-state index in [1.54, 1.807) is 12.1 Å². The number of epoxide rings is 1. The van der Waals surface area contributed by atoms with Gasteiger partial charge in [0.1, 0.15) is 23.9 Å². The summed E-state index contributed by atoms with van der Waals surface area (Å²) < 4.78 is 28.9. The third-order valence-electron chi connectivity index (χ3n) is 10.2. The van der Waals surface area contributed by atoms with E-state index in [9.17, 15) is 44.1 Å². The fraction of sp³-hybridized carbons (Fsp3) is 0.474. The van der Waals surface area contributed by atoms with Crippen LogP contribution in [0.25, 0.3) is 0 Å². The maximum absolute atomic E-state index is 14.9. The lowest BCUT2D eigenvalue weighted by molar-refractivity contribution is -0.196. The van der Waals surface area contributed by atoms with Gasteiger partial charge in [0.15, 0.2) is 23.8 Å². The van der Waals surface area contributed by atoms with Gasteiger partial charge >= 0.3 is 23.9 Å². The normalized spacial score (nSPS) is 35.5. The lowest BCUT2D eigenvalue weighted by atomic mass is 9.70. The van der Waals surface area contributed by atoms with Gasteiger partial charge in [-0.3, -0.25) is 19.2 Å². The molecule has 2 aromatic carbocycles. The number of ether oxygens (including phenoxy) is 5. The van der Waals surface area contributed by atoms with E-state index in [1.165, 1.54) is 69.3 Å². The fourth-order valence-electron chi connectivity index (χ4n) is 7.47. The van der Waals surface area contributed by atoms with E-state index in [2.05, 4.69) is 6.58 Å². The van der Waals surface area contributed by atoms with Crippen molar-refractivity contribution in [3.8, 4) is 0 Å². The zero-order chi connectivity index (χ0) is 38.5. The van der Waals surface area contributed by atoms with Crippen molar-refractivity contribution in [1.82, 2.24) is 0 Å². The molecule has 0 radical (unpaired) electrons. The smallest absolute Gasteiger partial charge is 0.338 e. The molecule has 2 aromatic rings. The molecule has 0 amide bonds. The summed E-state index contributed by atoms with van der Waals surface area (Å²) in [5, 5.41) is 35.8.